The van der Waals surface area contributed by atoms with Crippen LogP contribution in [0.25, 0.3) is 0 Å². The van der Waals surface area contributed by atoms with Crippen LogP contribution >= 0.6 is 0 Å². The van der Waals surface area contributed by atoms with Gasteiger partial charge in [0.05, 0.1) is 12.0 Å². The molecular formula is C21H28O4. The van der Waals surface area contributed by atoms with E-state index in [1.807, 2.05) is 0 Å². The molecule has 0 saturated heterocycles. The maximum Gasteiger partial charge on any atom is 0.303 e. The lowest BCUT2D eigenvalue weighted by atomic mass is 9.57. The van der Waals surface area contributed by atoms with Crippen LogP contribution in [0.15, 0.2) is 11.6 Å². The SMILES string of the molecule is O=C(O)CC/C=C1/CC2C1CCC(O)C2C#CC(=O)C1CCCCC1. The van der Waals surface area contributed by atoms with Crippen LogP contribution in [0, 0.1) is 35.5 Å². The monoisotopic (exact) mass is 344 g/mol. The Bertz CT molecular complexity index is 603. The van der Waals surface area contributed by atoms with Crippen molar-refractivity contribution in [2.45, 2.75) is 70.3 Å². The summed E-state index contributed by atoms with van der Waals surface area (Å²) >= 11 is 0. The number of hydrogen-bond acceptors (Lipinski definition) is 3. The summed E-state index contributed by atoms with van der Waals surface area (Å²) in [7, 11) is 0. The summed E-state index contributed by atoms with van der Waals surface area (Å²) in [6.45, 7) is 0. The molecule has 0 aromatic heterocycles. The molecule has 3 fully saturated rings. The van der Waals surface area contributed by atoms with E-state index >= 15 is 0 Å². The summed E-state index contributed by atoms with van der Waals surface area (Å²) in [5.41, 5.74) is 1.32. The molecule has 0 spiro atoms. The first-order valence-electron chi connectivity index (χ1n) is 9.70. The van der Waals surface area contributed by atoms with Gasteiger partial charge in [-0.25, -0.2) is 0 Å². The van der Waals surface area contributed by atoms with Crippen LogP contribution < -0.4 is 0 Å². The molecule has 2 N–H and O–H groups in total. The largest absolute Gasteiger partial charge is 0.481 e. The highest BCUT2D eigenvalue weighted by atomic mass is 16.4. The minimum atomic E-state index is -0.767. The van der Waals surface area contributed by atoms with Gasteiger partial charge in [0.1, 0.15) is 0 Å². The predicted octanol–water partition coefficient (Wildman–Crippen LogP) is 3.34. The van der Waals surface area contributed by atoms with E-state index in [0.717, 1.165) is 38.5 Å². The van der Waals surface area contributed by atoms with Crippen LogP contribution in [-0.2, 0) is 9.59 Å². The fourth-order valence-electron chi connectivity index (χ4n) is 4.71. The number of carboxylic acids is 1. The Balaban J connectivity index is 1.59. The van der Waals surface area contributed by atoms with Gasteiger partial charge in [0.2, 0.25) is 5.78 Å². The molecule has 0 heterocycles. The molecular weight excluding hydrogens is 316 g/mol. The Morgan fingerprint density at radius 3 is 2.60 bits per heavy atom. The molecule has 3 saturated carbocycles. The van der Waals surface area contributed by atoms with Crippen LogP contribution in [0.1, 0.15) is 64.2 Å². The van der Waals surface area contributed by atoms with E-state index in [1.165, 1.54) is 12.0 Å². The van der Waals surface area contributed by atoms with E-state index < -0.39 is 12.1 Å². The number of carboxylic acid groups (broad SMARTS) is 1. The summed E-state index contributed by atoms with van der Waals surface area (Å²) in [6, 6.07) is 0. The van der Waals surface area contributed by atoms with Crippen LogP contribution in [0.5, 0.6) is 0 Å². The zero-order chi connectivity index (χ0) is 17.8. The lowest BCUT2D eigenvalue weighted by Gasteiger charge is -2.48. The highest BCUT2D eigenvalue weighted by molar-refractivity contribution is 5.97. The topological polar surface area (TPSA) is 74.6 Å². The Morgan fingerprint density at radius 1 is 1.12 bits per heavy atom. The molecule has 0 bridgehead atoms. The van der Waals surface area contributed by atoms with Crippen LogP contribution in [0.2, 0.25) is 0 Å². The number of Topliss-reactive ketones (excluding diaryl/α,β-unsaturated/α-hetero) is 1. The summed E-state index contributed by atoms with van der Waals surface area (Å²) in [5.74, 6) is 6.02. The van der Waals surface area contributed by atoms with Crippen LogP contribution in [-0.4, -0.2) is 28.1 Å². The van der Waals surface area contributed by atoms with Crippen molar-refractivity contribution in [2.75, 3.05) is 0 Å². The van der Waals surface area contributed by atoms with Crippen molar-refractivity contribution in [2.24, 2.45) is 23.7 Å². The zero-order valence-electron chi connectivity index (χ0n) is 14.7. The molecule has 25 heavy (non-hydrogen) atoms. The summed E-state index contributed by atoms with van der Waals surface area (Å²) in [5, 5.41) is 19.1. The zero-order valence-corrected chi connectivity index (χ0v) is 14.7. The van der Waals surface area contributed by atoms with Gasteiger partial charge in [-0.2, -0.15) is 0 Å². The number of aliphatic hydroxyl groups excluding tert-OH is 1. The van der Waals surface area contributed by atoms with Crippen LogP contribution in [0.4, 0.5) is 0 Å². The minimum Gasteiger partial charge on any atom is -0.481 e. The molecule has 0 aliphatic heterocycles. The number of aliphatic carboxylic acids is 1. The minimum absolute atomic E-state index is 0.0607. The first-order chi connectivity index (χ1) is 12.1. The fourth-order valence-corrected chi connectivity index (χ4v) is 4.71. The second-order valence-electron chi connectivity index (χ2n) is 7.82. The van der Waals surface area contributed by atoms with Crippen molar-refractivity contribution in [3.63, 3.8) is 0 Å². The molecule has 4 heteroatoms. The van der Waals surface area contributed by atoms with Crippen molar-refractivity contribution in [3.8, 4) is 11.8 Å². The van der Waals surface area contributed by atoms with Gasteiger partial charge in [-0.15, -0.1) is 0 Å². The van der Waals surface area contributed by atoms with Gasteiger partial charge in [-0.1, -0.05) is 36.8 Å². The molecule has 136 valence electrons. The van der Waals surface area contributed by atoms with Crippen LogP contribution in [0.3, 0.4) is 0 Å². The molecule has 3 rings (SSSR count). The standard InChI is InChI=1S/C21H28O4/c22-19(14-5-2-1-3-6-14)11-10-17-18-13-15(7-4-8-21(24)25)16(18)9-12-20(17)23/h7,14,16-18,20,23H,1-6,8-9,12-13H2,(H,24,25)/b15-7-. The summed E-state index contributed by atoms with van der Waals surface area (Å²) < 4.78 is 0. The number of carbonyl (C=O) groups excluding carboxylic acids is 1. The van der Waals surface area contributed by atoms with Crippen molar-refractivity contribution >= 4 is 11.8 Å². The van der Waals surface area contributed by atoms with E-state index in [0.29, 0.717) is 24.7 Å². The highest BCUT2D eigenvalue weighted by Crippen LogP contribution is 2.51. The molecule has 4 nitrogen and oxygen atoms in total. The van der Waals surface area contributed by atoms with E-state index in [1.54, 1.807) is 0 Å². The van der Waals surface area contributed by atoms with Crippen molar-refractivity contribution in [1.82, 2.24) is 0 Å². The smallest absolute Gasteiger partial charge is 0.303 e. The molecule has 0 aromatic carbocycles. The quantitative estimate of drug-likeness (QED) is 0.466. The average Bonchev–Trinajstić information content (AvgIpc) is 2.59. The van der Waals surface area contributed by atoms with Gasteiger partial charge < -0.3 is 10.2 Å². The maximum atomic E-state index is 12.3. The number of fused-ring (bicyclic) bond motifs is 1. The number of carbonyl (C=O) groups is 2. The van der Waals surface area contributed by atoms with Gasteiger partial charge in [0.15, 0.2) is 0 Å². The van der Waals surface area contributed by atoms with E-state index in [4.69, 9.17) is 5.11 Å². The number of hydrogen-bond donors (Lipinski definition) is 2. The second-order valence-corrected chi connectivity index (χ2v) is 7.82. The summed E-state index contributed by atoms with van der Waals surface area (Å²) in [4.78, 5) is 22.9. The van der Waals surface area contributed by atoms with Gasteiger partial charge in [0, 0.05) is 12.3 Å². The van der Waals surface area contributed by atoms with Crippen molar-refractivity contribution in [3.05, 3.63) is 11.6 Å². The number of ketones is 1. The third-order valence-electron chi connectivity index (χ3n) is 6.22. The Hall–Kier alpha value is -1.60. The Morgan fingerprint density at radius 2 is 1.88 bits per heavy atom. The van der Waals surface area contributed by atoms with E-state index in [-0.39, 0.29) is 24.0 Å². The molecule has 0 radical (unpaired) electrons. The lowest BCUT2D eigenvalue weighted by Crippen LogP contribution is -2.44. The highest BCUT2D eigenvalue weighted by Gasteiger charge is 2.46. The van der Waals surface area contributed by atoms with Gasteiger partial charge in [0.25, 0.3) is 0 Å². The normalized spacial score (nSPS) is 33.7. The first kappa shape index (κ1) is 18.2. The molecule has 3 aliphatic rings. The first-order valence-corrected chi connectivity index (χ1v) is 9.70. The summed E-state index contributed by atoms with van der Waals surface area (Å²) in [6.07, 6.45) is 10.3. The molecule has 3 aliphatic carbocycles. The van der Waals surface area contributed by atoms with E-state index in [2.05, 4.69) is 17.9 Å². The Labute approximate surface area is 149 Å². The lowest BCUT2D eigenvalue weighted by molar-refractivity contribution is -0.136. The van der Waals surface area contributed by atoms with Crippen molar-refractivity contribution in [1.29, 1.82) is 0 Å². The van der Waals surface area contributed by atoms with Gasteiger partial charge >= 0.3 is 5.97 Å². The molecule has 4 unspecified atom stereocenters. The van der Waals surface area contributed by atoms with Crippen molar-refractivity contribution < 1.29 is 19.8 Å². The Kier molecular flexibility index (Phi) is 5.96. The predicted molar refractivity (Wildman–Crippen MR) is 94.6 cm³/mol. The molecule has 0 aromatic rings. The van der Waals surface area contributed by atoms with Gasteiger partial charge in [-0.3, -0.25) is 9.59 Å². The van der Waals surface area contributed by atoms with Gasteiger partial charge in [-0.05, 0) is 56.3 Å². The molecule has 4 atom stereocenters. The maximum absolute atomic E-state index is 12.3. The fraction of sp³-hybridized carbons (Fsp3) is 0.714. The third kappa shape index (κ3) is 4.33. The third-order valence-corrected chi connectivity index (χ3v) is 6.22. The molecule has 0 amide bonds. The number of allylic oxidation sites excluding steroid dienone is 2. The number of aliphatic hydroxyl groups is 1. The van der Waals surface area contributed by atoms with E-state index in [9.17, 15) is 14.7 Å². The average molecular weight is 344 g/mol. The second kappa shape index (κ2) is 8.19. The number of rotatable bonds is 4.